The van der Waals surface area contributed by atoms with Gasteiger partial charge in [0.15, 0.2) is 11.5 Å². The van der Waals surface area contributed by atoms with Crippen LogP contribution in [0.25, 0.3) is 11.0 Å². The Hall–Kier alpha value is -3.79. The van der Waals surface area contributed by atoms with Crippen molar-refractivity contribution in [1.82, 2.24) is 14.6 Å². The number of hydrogen-bond donors (Lipinski definition) is 0. The first-order valence-corrected chi connectivity index (χ1v) is 10.2. The van der Waals surface area contributed by atoms with Gasteiger partial charge < -0.3 is 14.2 Å². The average molecular weight is 455 g/mol. The normalized spacial score (nSPS) is 11.7. The largest absolute Gasteiger partial charge is 0.493 e. The smallest absolute Gasteiger partial charge is 0.296 e. The van der Waals surface area contributed by atoms with Gasteiger partial charge >= 0.3 is 0 Å². The number of rotatable bonds is 6. The zero-order valence-electron chi connectivity index (χ0n) is 17.4. The number of methoxy groups -OCH3 is 3. The van der Waals surface area contributed by atoms with Crippen LogP contribution in [0.5, 0.6) is 17.2 Å². The molecule has 10 heteroatoms. The molecule has 0 N–H and O–H groups in total. The highest BCUT2D eigenvalue weighted by molar-refractivity contribution is 7.15. The summed E-state index contributed by atoms with van der Waals surface area (Å²) in [5.74, 6) is 0.946. The third kappa shape index (κ3) is 4.04. The summed E-state index contributed by atoms with van der Waals surface area (Å²) in [6, 6.07) is 9.12. The molecule has 0 amide bonds. The van der Waals surface area contributed by atoms with Gasteiger partial charge in [0.1, 0.15) is 11.5 Å². The summed E-state index contributed by atoms with van der Waals surface area (Å²) in [6.07, 6.45) is 1.77. The molecule has 0 radical (unpaired) electrons. The Morgan fingerprint density at radius 1 is 1.03 bits per heavy atom. The number of thiazole rings is 1. The maximum Gasteiger partial charge on any atom is 0.296 e. The minimum atomic E-state index is -0.532. The Morgan fingerprint density at radius 3 is 2.28 bits per heavy atom. The van der Waals surface area contributed by atoms with Gasteiger partial charge in [-0.1, -0.05) is 23.5 Å². The Bertz CT molecular complexity index is 1440. The molecule has 164 valence electrons. The van der Waals surface area contributed by atoms with Gasteiger partial charge in [-0.2, -0.15) is 14.6 Å². The van der Waals surface area contributed by atoms with E-state index in [-0.39, 0.29) is 22.9 Å². The van der Waals surface area contributed by atoms with Crippen molar-refractivity contribution in [2.75, 3.05) is 21.3 Å². The molecular formula is C22H18FN3O5S. The fourth-order valence-electron chi connectivity index (χ4n) is 3.18. The van der Waals surface area contributed by atoms with E-state index in [1.165, 1.54) is 33.5 Å². The molecule has 2 heterocycles. The quantitative estimate of drug-likeness (QED) is 0.438. The molecule has 8 nitrogen and oxygen atoms in total. The standard InChI is InChI=1S/C22H18FN3O5S/c1-29-16-9-13(10-17(30-2)19(16)31-3)11-18-21(28)26-22(32-18)24-20(27)15(25-26)8-12-4-6-14(23)7-5-12/h4-7,9-11H,8H2,1-3H3/b18-11+. The van der Waals surface area contributed by atoms with Crippen molar-refractivity contribution in [3.63, 3.8) is 0 Å². The number of benzene rings is 2. The van der Waals surface area contributed by atoms with Crippen LogP contribution in [-0.2, 0) is 6.42 Å². The maximum absolute atomic E-state index is 13.1. The van der Waals surface area contributed by atoms with E-state index < -0.39 is 11.1 Å². The number of ether oxygens (including phenoxy) is 3. The fourth-order valence-corrected chi connectivity index (χ4v) is 4.09. The summed E-state index contributed by atoms with van der Waals surface area (Å²) in [5, 5.41) is 4.21. The molecule has 2 aromatic heterocycles. The van der Waals surface area contributed by atoms with Crippen LogP contribution in [-0.4, -0.2) is 35.9 Å². The molecule has 0 spiro atoms. The number of hydrogen-bond acceptors (Lipinski definition) is 8. The van der Waals surface area contributed by atoms with Crippen LogP contribution in [0.15, 0.2) is 46.0 Å². The Morgan fingerprint density at radius 2 is 1.69 bits per heavy atom. The molecular weight excluding hydrogens is 437 g/mol. The molecule has 0 bridgehead atoms. The van der Waals surface area contributed by atoms with Crippen molar-refractivity contribution in [3.8, 4) is 17.2 Å². The summed E-state index contributed by atoms with van der Waals surface area (Å²) in [6.45, 7) is 0. The number of nitrogens with zero attached hydrogens (tertiary/aromatic N) is 3. The van der Waals surface area contributed by atoms with Gasteiger partial charge in [0.2, 0.25) is 10.7 Å². The van der Waals surface area contributed by atoms with Crippen molar-refractivity contribution in [1.29, 1.82) is 0 Å². The SMILES string of the molecule is COc1cc(/C=c2/sc3nc(=O)c(Cc4ccc(F)cc4)nn3c2=O)cc(OC)c1OC. The lowest BCUT2D eigenvalue weighted by molar-refractivity contribution is 0.324. The van der Waals surface area contributed by atoms with Crippen LogP contribution in [0.3, 0.4) is 0 Å². The number of halogens is 1. The minimum Gasteiger partial charge on any atom is -0.493 e. The van der Waals surface area contributed by atoms with Crippen LogP contribution in [0.2, 0.25) is 0 Å². The lowest BCUT2D eigenvalue weighted by atomic mass is 10.1. The van der Waals surface area contributed by atoms with Gasteiger partial charge in [-0.05, 0) is 41.5 Å². The van der Waals surface area contributed by atoms with E-state index in [1.807, 2.05) is 0 Å². The van der Waals surface area contributed by atoms with Gasteiger partial charge in [0.05, 0.1) is 25.9 Å². The van der Waals surface area contributed by atoms with Gasteiger partial charge in [0.25, 0.3) is 11.1 Å². The van der Waals surface area contributed by atoms with E-state index in [1.54, 1.807) is 30.3 Å². The molecule has 4 aromatic rings. The molecule has 0 aliphatic heterocycles. The number of fused-ring (bicyclic) bond motifs is 1. The molecule has 0 fully saturated rings. The second-order valence-corrected chi connectivity index (χ2v) is 7.74. The molecule has 0 atom stereocenters. The Kier molecular flexibility index (Phi) is 5.87. The average Bonchev–Trinajstić information content (AvgIpc) is 3.08. The maximum atomic E-state index is 13.1. The zero-order chi connectivity index (χ0) is 22.8. The van der Waals surface area contributed by atoms with Crippen LogP contribution < -0.4 is 29.9 Å². The molecule has 4 rings (SSSR count). The fraction of sp³-hybridized carbons (Fsp3) is 0.182. The van der Waals surface area contributed by atoms with E-state index in [0.29, 0.717) is 32.9 Å². The third-order valence-electron chi connectivity index (χ3n) is 4.72. The molecule has 0 aliphatic carbocycles. The second-order valence-electron chi connectivity index (χ2n) is 6.74. The van der Waals surface area contributed by atoms with E-state index in [4.69, 9.17) is 14.2 Å². The summed E-state index contributed by atoms with van der Waals surface area (Å²) in [7, 11) is 4.51. The molecule has 32 heavy (non-hydrogen) atoms. The predicted octanol–water partition coefficient (Wildman–Crippen LogP) is 1.81. The summed E-state index contributed by atoms with van der Waals surface area (Å²) < 4.78 is 30.6. The Balaban J connectivity index is 1.80. The van der Waals surface area contributed by atoms with Gasteiger partial charge in [-0.15, -0.1) is 0 Å². The summed E-state index contributed by atoms with van der Waals surface area (Å²) in [5.41, 5.74) is 0.479. The number of aromatic nitrogens is 3. The van der Waals surface area contributed by atoms with Crippen LogP contribution >= 0.6 is 11.3 Å². The highest BCUT2D eigenvalue weighted by atomic mass is 32.1. The molecule has 2 aromatic carbocycles. The van der Waals surface area contributed by atoms with Crippen LogP contribution in [0.4, 0.5) is 4.39 Å². The monoisotopic (exact) mass is 455 g/mol. The predicted molar refractivity (Wildman–Crippen MR) is 117 cm³/mol. The van der Waals surface area contributed by atoms with Crippen molar-refractivity contribution in [3.05, 3.63) is 84.3 Å². The van der Waals surface area contributed by atoms with Gasteiger partial charge in [-0.3, -0.25) is 9.59 Å². The first-order valence-electron chi connectivity index (χ1n) is 9.42. The first kappa shape index (κ1) is 21.4. The molecule has 0 aliphatic rings. The van der Waals surface area contributed by atoms with E-state index in [9.17, 15) is 14.0 Å². The molecule has 0 saturated heterocycles. The van der Waals surface area contributed by atoms with Crippen molar-refractivity contribution < 1.29 is 18.6 Å². The van der Waals surface area contributed by atoms with Crippen molar-refractivity contribution >= 4 is 22.4 Å². The summed E-state index contributed by atoms with van der Waals surface area (Å²) in [4.78, 5) is 29.5. The van der Waals surface area contributed by atoms with E-state index >= 15 is 0 Å². The van der Waals surface area contributed by atoms with Crippen molar-refractivity contribution in [2.45, 2.75) is 6.42 Å². The van der Waals surface area contributed by atoms with Crippen molar-refractivity contribution in [2.24, 2.45) is 0 Å². The topological polar surface area (TPSA) is 92.0 Å². The molecule has 0 saturated carbocycles. The lowest BCUT2D eigenvalue weighted by Gasteiger charge is -2.12. The molecule has 0 unspecified atom stereocenters. The second kappa shape index (κ2) is 8.75. The van der Waals surface area contributed by atoms with Crippen LogP contribution in [0.1, 0.15) is 16.8 Å². The highest BCUT2D eigenvalue weighted by Gasteiger charge is 2.14. The zero-order valence-corrected chi connectivity index (χ0v) is 18.2. The minimum absolute atomic E-state index is 0.100. The first-order chi connectivity index (χ1) is 15.4. The van der Waals surface area contributed by atoms with Crippen LogP contribution in [0, 0.1) is 5.82 Å². The Labute approximate surface area is 185 Å². The van der Waals surface area contributed by atoms with Gasteiger partial charge in [-0.25, -0.2) is 4.39 Å². The highest BCUT2D eigenvalue weighted by Crippen LogP contribution is 2.38. The van der Waals surface area contributed by atoms with E-state index in [0.717, 1.165) is 15.9 Å². The third-order valence-corrected chi connectivity index (χ3v) is 5.68. The van der Waals surface area contributed by atoms with E-state index in [2.05, 4.69) is 10.1 Å². The summed E-state index contributed by atoms with van der Waals surface area (Å²) >= 11 is 1.05. The van der Waals surface area contributed by atoms with Gasteiger partial charge in [0, 0.05) is 6.42 Å². The lowest BCUT2D eigenvalue weighted by Crippen LogP contribution is -2.28.